The minimum absolute atomic E-state index is 0.0796. The van der Waals surface area contributed by atoms with E-state index in [0.29, 0.717) is 11.4 Å². The Balaban J connectivity index is 1.82. The number of methoxy groups -OCH3 is 1. The number of aryl methyl sites for hydroxylation is 2. The lowest BCUT2D eigenvalue weighted by Crippen LogP contribution is -2.24. The monoisotopic (exact) mass is 384 g/mol. The number of rotatable bonds is 6. The second-order valence-electron chi connectivity index (χ2n) is 6.06. The number of nitrogens with one attached hydrogen (secondary N) is 1. The van der Waals surface area contributed by atoms with Crippen LogP contribution in [0.1, 0.15) is 17.0 Å². The van der Waals surface area contributed by atoms with Gasteiger partial charge in [-0.2, -0.15) is 0 Å². The van der Waals surface area contributed by atoms with Gasteiger partial charge in [0.15, 0.2) is 0 Å². The zero-order valence-electron chi connectivity index (χ0n) is 15.3. The second kappa shape index (κ2) is 7.81. The predicted octanol–water partition coefficient (Wildman–Crippen LogP) is 2.64. The quantitative estimate of drug-likeness (QED) is 0.702. The molecule has 27 heavy (non-hydrogen) atoms. The molecule has 0 radical (unpaired) electrons. The normalized spacial score (nSPS) is 11.4. The maximum atomic E-state index is 12.6. The SMILES string of the molecule is COc1cncc(-c2ccc(S(=O)(=O)NCc3cnc(C)cn3)cc2C)c1. The molecule has 3 rings (SSSR count). The summed E-state index contributed by atoms with van der Waals surface area (Å²) in [6.45, 7) is 3.76. The van der Waals surface area contributed by atoms with Crippen molar-refractivity contribution in [2.75, 3.05) is 7.11 Å². The van der Waals surface area contributed by atoms with Crippen LogP contribution in [0.4, 0.5) is 0 Å². The van der Waals surface area contributed by atoms with Gasteiger partial charge < -0.3 is 4.74 Å². The summed E-state index contributed by atoms with van der Waals surface area (Å²) in [5, 5.41) is 0. The number of ether oxygens (including phenoxy) is 1. The molecule has 7 nitrogen and oxygen atoms in total. The zero-order valence-corrected chi connectivity index (χ0v) is 16.1. The van der Waals surface area contributed by atoms with Gasteiger partial charge in [-0.1, -0.05) is 6.07 Å². The summed E-state index contributed by atoms with van der Waals surface area (Å²) in [6, 6.07) is 6.84. The molecule has 0 unspecified atom stereocenters. The van der Waals surface area contributed by atoms with Crippen LogP contribution in [0.5, 0.6) is 5.75 Å². The van der Waals surface area contributed by atoms with Crippen molar-refractivity contribution in [3.63, 3.8) is 0 Å². The third-order valence-electron chi connectivity index (χ3n) is 4.05. The molecular weight excluding hydrogens is 364 g/mol. The summed E-state index contributed by atoms with van der Waals surface area (Å²) in [5.41, 5.74) is 3.91. The number of sulfonamides is 1. The van der Waals surface area contributed by atoms with E-state index in [1.807, 2.05) is 19.9 Å². The number of benzene rings is 1. The van der Waals surface area contributed by atoms with Crippen molar-refractivity contribution < 1.29 is 13.2 Å². The molecule has 3 aromatic rings. The molecule has 2 heterocycles. The summed E-state index contributed by atoms with van der Waals surface area (Å²) < 4.78 is 32.9. The summed E-state index contributed by atoms with van der Waals surface area (Å²) in [4.78, 5) is 12.6. The van der Waals surface area contributed by atoms with E-state index >= 15 is 0 Å². The molecule has 2 aromatic heterocycles. The lowest BCUT2D eigenvalue weighted by atomic mass is 10.0. The van der Waals surface area contributed by atoms with Gasteiger partial charge in [0.05, 0.1) is 42.3 Å². The highest BCUT2D eigenvalue weighted by molar-refractivity contribution is 7.89. The van der Waals surface area contributed by atoms with Crippen molar-refractivity contribution in [2.45, 2.75) is 25.3 Å². The Morgan fingerprint density at radius 3 is 2.52 bits per heavy atom. The second-order valence-corrected chi connectivity index (χ2v) is 7.83. The number of pyridine rings is 1. The molecule has 8 heteroatoms. The summed E-state index contributed by atoms with van der Waals surface area (Å²) in [5.74, 6) is 0.643. The fourth-order valence-electron chi connectivity index (χ4n) is 2.57. The van der Waals surface area contributed by atoms with Gasteiger partial charge in [-0.25, -0.2) is 13.1 Å². The lowest BCUT2D eigenvalue weighted by Gasteiger charge is -2.11. The van der Waals surface area contributed by atoms with E-state index in [-0.39, 0.29) is 11.4 Å². The zero-order chi connectivity index (χ0) is 19.4. The fourth-order valence-corrected chi connectivity index (χ4v) is 3.65. The van der Waals surface area contributed by atoms with E-state index in [9.17, 15) is 8.42 Å². The van der Waals surface area contributed by atoms with Crippen LogP contribution in [0.25, 0.3) is 11.1 Å². The predicted molar refractivity (Wildman–Crippen MR) is 102 cm³/mol. The number of nitrogens with zero attached hydrogens (tertiary/aromatic N) is 3. The van der Waals surface area contributed by atoms with Crippen LogP contribution < -0.4 is 9.46 Å². The summed E-state index contributed by atoms with van der Waals surface area (Å²) >= 11 is 0. The molecule has 0 amide bonds. The minimum Gasteiger partial charge on any atom is -0.495 e. The Morgan fingerprint density at radius 2 is 1.85 bits per heavy atom. The molecule has 0 spiro atoms. The van der Waals surface area contributed by atoms with Gasteiger partial charge in [0.1, 0.15) is 5.75 Å². The first kappa shape index (κ1) is 18.9. The largest absolute Gasteiger partial charge is 0.495 e. The Bertz CT molecular complexity index is 1050. The van der Waals surface area contributed by atoms with Gasteiger partial charge in [-0.3, -0.25) is 15.0 Å². The fraction of sp³-hybridized carbons (Fsp3) is 0.211. The molecule has 0 bridgehead atoms. The van der Waals surface area contributed by atoms with Crippen LogP contribution in [-0.2, 0) is 16.6 Å². The molecule has 0 saturated carbocycles. The first-order valence-corrected chi connectivity index (χ1v) is 9.74. The molecule has 1 N–H and O–H groups in total. The first-order valence-electron chi connectivity index (χ1n) is 8.26. The van der Waals surface area contributed by atoms with Crippen molar-refractivity contribution in [3.8, 4) is 16.9 Å². The van der Waals surface area contributed by atoms with Crippen molar-refractivity contribution in [1.29, 1.82) is 0 Å². The van der Waals surface area contributed by atoms with Gasteiger partial charge in [-0.05, 0) is 43.2 Å². The highest BCUT2D eigenvalue weighted by atomic mass is 32.2. The van der Waals surface area contributed by atoms with Crippen molar-refractivity contribution in [2.24, 2.45) is 0 Å². The molecular formula is C19H20N4O3S. The standard InChI is InChI=1S/C19H20N4O3S/c1-13-6-18(4-5-19(13)15-7-17(26-3)12-20-9-15)27(24,25)23-11-16-10-21-14(2)8-22-16/h4-10,12,23H,11H2,1-3H3. The molecule has 1 aromatic carbocycles. The maximum absolute atomic E-state index is 12.6. The Labute approximate surface area is 158 Å². The van der Waals surface area contributed by atoms with Crippen molar-refractivity contribution in [1.82, 2.24) is 19.7 Å². The average molecular weight is 384 g/mol. The third-order valence-corrected chi connectivity index (χ3v) is 5.44. The van der Waals surface area contributed by atoms with Gasteiger partial charge in [-0.15, -0.1) is 0 Å². The average Bonchev–Trinajstić information content (AvgIpc) is 2.67. The molecule has 0 saturated heterocycles. The van der Waals surface area contributed by atoms with E-state index in [4.69, 9.17) is 4.74 Å². The molecule has 0 atom stereocenters. The molecule has 140 valence electrons. The van der Waals surface area contributed by atoms with Crippen LogP contribution >= 0.6 is 0 Å². The highest BCUT2D eigenvalue weighted by Gasteiger charge is 2.16. The Morgan fingerprint density at radius 1 is 1.04 bits per heavy atom. The number of aromatic nitrogens is 3. The van der Waals surface area contributed by atoms with Gasteiger partial charge in [0.2, 0.25) is 10.0 Å². The smallest absolute Gasteiger partial charge is 0.240 e. The van der Waals surface area contributed by atoms with Crippen LogP contribution in [0, 0.1) is 13.8 Å². The highest BCUT2D eigenvalue weighted by Crippen LogP contribution is 2.27. The third kappa shape index (κ3) is 4.47. The van der Waals surface area contributed by atoms with Crippen LogP contribution in [0.3, 0.4) is 0 Å². The Kier molecular flexibility index (Phi) is 5.48. The molecule has 0 aliphatic rings. The minimum atomic E-state index is -3.66. The molecule has 0 aliphatic heterocycles. The summed E-state index contributed by atoms with van der Waals surface area (Å²) in [6.07, 6.45) is 6.50. The van der Waals surface area contributed by atoms with Crippen molar-refractivity contribution in [3.05, 3.63) is 66.0 Å². The van der Waals surface area contributed by atoms with E-state index < -0.39 is 10.0 Å². The Hall–Kier alpha value is -2.84. The van der Waals surface area contributed by atoms with Crippen LogP contribution in [0.2, 0.25) is 0 Å². The van der Waals surface area contributed by atoms with E-state index in [0.717, 1.165) is 22.4 Å². The number of hydrogen-bond donors (Lipinski definition) is 1. The van der Waals surface area contributed by atoms with Crippen molar-refractivity contribution >= 4 is 10.0 Å². The van der Waals surface area contributed by atoms with E-state index in [1.165, 1.54) is 0 Å². The topological polar surface area (TPSA) is 94.1 Å². The van der Waals surface area contributed by atoms with Gasteiger partial charge >= 0.3 is 0 Å². The molecule has 0 aliphatic carbocycles. The molecule has 0 fully saturated rings. The first-order chi connectivity index (χ1) is 12.9. The van der Waals surface area contributed by atoms with Gasteiger partial charge in [0.25, 0.3) is 0 Å². The van der Waals surface area contributed by atoms with Crippen LogP contribution in [-0.4, -0.2) is 30.5 Å². The maximum Gasteiger partial charge on any atom is 0.240 e. The van der Waals surface area contributed by atoms with E-state index in [1.54, 1.807) is 50.1 Å². The number of hydrogen-bond acceptors (Lipinski definition) is 6. The van der Waals surface area contributed by atoms with E-state index in [2.05, 4.69) is 19.7 Å². The summed E-state index contributed by atoms with van der Waals surface area (Å²) in [7, 11) is -2.08. The lowest BCUT2D eigenvalue weighted by molar-refractivity contribution is 0.413. The van der Waals surface area contributed by atoms with Crippen LogP contribution in [0.15, 0.2) is 53.9 Å². The van der Waals surface area contributed by atoms with Gasteiger partial charge in [0, 0.05) is 18.0 Å².